The molecule has 0 unspecified atom stereocenters. The van der Waals surface area contributed by atoms with Crippen molar-refractivity contribution in [3.05, 3.63) is 59.4 Å². The number of pyridine rings is 1. The first kappa shape index (κ1) is 19.5. The van der Waals surface area contributed by atoms with Crippen molar-refractivity contribution in [3.8, 4) is 17.4 Å². The third kappa shape index (κ3) is 5.15. The van der Waals surface area contributed by atoms with E-state index in [9.17, 15) is 8.78 Å². The molecule has 0 saturated heterocycles. The SMILES string of the molecule is CCOc1cc(Cc2noc(Cc3cccc(OC)n3)n2)ccc1OC(F)F. The van der Waals surface area contributed by atoms with Gasteiger partial charge in [-0.15, -0.1) is 0 Å². The van der Waals surface area contributed by atoms with E-state index in [0.29, 0.717) is 37.0 Å². The Balaban J connectivity index is 1.71. The minimum Gasteiger partial charge on any atom is -0.490 e. The first-order valence-electron chi connectivity index (χ1n) is 8.59. The van der Waals surface area contributed by atoms with Gasteiger partial charge in [0.25, 0.3) is 0 Å². The number of alkyl halides is 2. The van der Waals surface area contributed by atoms with Crippen LogP contribution in [0.5, 0.6) is 17.4 Å². The molecule has 7 nitrogen and oxygen atoms in total. The van der Waals surface area contributed by atoms with Crippen LogP contribution in [0.1, 0.15) is 29.9 Å². The molecule has 9 heteroatoms. The van der Waals surface area contributed by atoms with Gasteiger partial charge in [0.05, 0.1) is 25.8 Å². The van der Waals surface area contributed by atoms with Crippen LogP contribution in [0.2, 0.25) is 0 Å². The summed E-state index contributed by atoms with van der Waals surface area (Å²) in [6.45, 7) is -0.838. The lowest BCUT2D eigenvalue weighted by Gasteiger charge is -2.12. The van der Waals surface area contributed by atoms with E-state index in [1.807, 2.05) is 12.1 Å². The summed E-state index contributed by atoms with van der Waals surface area (Å²) in [5, 5.41) is 3.96. The monoisotopic (exact) mass is 391 g/mol. The molecule has 0 aliphatic rings. The fourth-order valence-corrected chi connectivity index (χ4v) is 2.57. The van der Waals surface area contributed by atoms with Crippen LogP contribution >= 0.6 is 0 Å². The van der Waals surface area contributed by atoms with Gasteiger partial charge in [-0.25, -0.2) is 4.98 Å². The zero-order valence-corrected chi connectivity index (χ0v) is 15.4. The zero-order chi connectivity index (χ0) is 19.9. The van der Waals surface area contributed by atoms with Crippen LogP contribution in [-0.4, -0.2) is 35.5 Å². The molecule has 0 aliphatic carbocycles. The van der Waals surface area contributed by atoms with Gasteiger partial charge in [0, 0.05) is 12.5 Å². The zero-order valence-electron chi connectivity index (χ0n) is 15.4. The number of rotatable bonds is 9. The predicted molar refractivity (Wildman–Crippen MR) is 94.9 cm³/mol. The van der Waals surface area contributed by atoms with Crippen molar-refractivity contribution in [3.63, 3.8) is 0 Å². The van der Waals surface area contributed by atoms with Gasteiger partial charge in [-0.1, -0.05) is 17.3 Å². The molecule has 0 bridgehead atoms. The molecule has 2 aromatic heterocycles. The second-order valence-corrected chi connectivity index (χ2v) is 5.72. The van der Waals surface area contributed by atoms with E-state index < -0.39 is 6.61 Å². The average molecular weight is 391 g/mol. The number of benzene rings is 1. The number of ether oxygens (including phenoxy) is 3. The molecule has 0 spiro atoms. The summed E-state index contributed by atoms with van der Waals surface area (Å²) >= 11 is 0. The van der Waals surface area contributed by atoms with Crippen LogP contribution in [-0.2, 0) is 12.8 Å². The Morgan fingerprint density at radius 2 is 1.93 bits per heavy atom. The standard InChI is InChI=1S/C19H19F2N3O4/c1-3-26-15-9-12(7-8-14(15)27-19(20)21)10-16-23-18(28-24-16)11-13-5-4-6-17(22-13)25-2/h4-9,19H,3,10-11H2,1-2H3. The molecule has 0 aliphatic heterocycles. The summed E-state index contributed by atoms with van der Waals surface area (Å²) in [5.74, 6) is 1.61. The topological polar surface area (TPSA) is 79.5 Å². The Hall–Kier alpha value is -3.23. The van der Waals surface area contributed by atoms with Gasteiger partial charge >= 0.3 is 6.61 Å². The molecule has 0 radical (unpaired) electrons. The van der Waals surface area contributed by atoms with Crippen molar-refractivity contribution >= 4 is 0 Å². The van der Waals surface area contributed by atoms with Crippen molar-refractivity contribution < 1.29 is 27.5 Å². The van der Waals surface area contributed by atoms with Crippen molar-refractivity contribution in [2.45, 2.75) is 26.4 Å². The molecule has 0 N–H and O–H groups in total. The number of nitrogens with zero attached hydrogens (tertiary/aromatic N) is 3. The molecule has 0 fully saturated rings. The maximum Gasteiger partial charge on any atom is 0.387 e. The smallest absolute Gasteiger partial charge is 0.387 e. The first-order chi connectivity index (χ1) is 13.6. The highest BCUT2D eigenvalue weighted by atomic mass is 19.3. The lowest BCUT2D eigenvalue weighted by molar-refractivity contribution is -0.0514. The molecule has 0 atom stereocenters. The van der Waals surface area contributed by atoms with E-state index in [-0.39, 0.29) is 11.5 Å². The number of hydrogen-bond acceptors (Lipinski definition) is 7. The van der Waals surface area contributed by atoms with Crippen LogP contribution in [0.4, 0.5) is 8.78 Å². The summed E-state index contributed by atoms with van der Waals surface area (Å²) < 4.78 is 45.2. The molecule has 2 heterocycles. The minimum absolute atomic E-state index is 0.0153. The second kappa shape index (κ2) is 9.12. The van der Waals surface area contributed by atoms with Crippen molar-refractivity contribution in [1.29, 1.82) is 0 Å². The van der Waals surface area contributed by atoms with Gasteiger partial charge in [0.15, 0.2) is 17.3 Å². The maximum absolute atomic E-state index is 12.5. The lowest BCUT2D eigenvalue weighted by atomic mass is 10.1. The summed E-state index contributed by atoms with van der Waals surface area (Å²) in [7, 11) is 1.55. The second-order valence-electron chi connectivity index (χ2n) is 5.72. The normalized spacial score (nSPS) is 10.9. The largest absolute Gasteiger partial charge is 0.490 e. The first-order valence-corrected chi connectivity index (χ1v) is 8.59. The Kier molecular flexibility index (Phi) is 6.36. The maximum atomic E-state index is 12.5. The molecule has 3 aromatic rings. The highest BCUT2D eigenvalue weighted by Crippen LogP contribution is 2.30. The molecule has 0 amide bonds. The Morgan fingerprint density at radius 3 is 2.68 bits per heavy atom. The summed E-state index contributed by atoms with van der Waals surface area (Å²) in [6.07, 6.45) is 0.722. The fourth-order valence-electron chi connectivity index (χ4n) is 2.57. The summed E-state index contributed by atoms with van der Waals surface area (Å²) in [4.78, 5) is 8.66. The number of methoxy groups -OCH3 is 1. The Morgan fingerprint density at radius 1 is 1.07 bits per heavy atom. The molecule has 1 aromatic carbocycles. The highest BCUT2D eigenvalue weighted by molar-refractivity contribution is 5.43. The minimum atomic E-state index is -2.92. The van der Waals surface area contributed by atoms with Gasteiger partial charge in [-0.3, -0.25) is 0 Å². The van der Waals surface area contributed by atoms with E-state index in [4.69, 9.17) is 14.0 Å². The van der Waals surface area contributed by atoms with Crippen LogP contribution in [0.15, 0.2) is 40.9 Å². The average Bonchev–Trinajstić information content (AvgIpc) is 3.10. The lowest BCUT2D eigenvalue weighted by Crippen LogP contribution is -2.05. The highest BCUT2D eigenvalue weighted by Gasteiger charge is 2.14. The molecular formula is C19H19F2N3O4. The summed E-state index contributed by atoms with van der Waals surface area (Å²) in [6, 6.07) is 10.1. The van der Waals surface area contributed by atoms with E-state index in [0.717, 1.165) is 11.3 Å². The van der Waals surface area contributed by atoms with E-state index >= 15 is 0 Å². The van der Waals surface area contributed by atoms with E-state index in [1.54, 1.807) is 32.2 Å². The fraction of sp³-hybridized carbons (Fsp3) is 0.316. The van der Waals surface area contributed by atoms with Crippen molar-refractivity contribution in [2.75, 3.05) is 13.7 Å². The van der Waals surface area contributed by atoms with Gasteiger partial charge < -0.3 is 18.7 Å². The van der Waals surface area contributed by atoms with Gasteiger partial charge in [0.2, 0.25) is 11.8 Å². The third-order valence-corrected chi connectivity index (χ3v) is 3.72. The van der Waals surface area contributed by atoms with Crippen molar-refractivity contribution in [1.82, 2.24) is 15.1 Å². The van der Waals surface area contributed by atoms with Gasteiger partial charge in [0.1, 0.15) is 0 Å². The number of aromatic nitrogens is 3. The number of halogens is 2. The van der Waals surface area contributed by atoms with E-state index in [2.05, 4.69) is 19.9 Å². The van der Waals surface area contributed by atoms with Crippen molar-refractivity contribution in [2.24, 2.45) is 0 Å². The summed E-state index contributed by atoms with van der Waals surface area (Å²) in [5.41, 5.74) is 1.51. The molecule has 28 heavy (non-hydrogen) atoms. The van der Waals surface area contributed by atoms with Crippen LogP contribution in [0.25, 0.3) is 0 Å². The third-order valence-electron chi connectivity index (χ3n) is 3.72. The molecule has 3 rings (SSSR count). The van der Waals surface area contributed by atoms with E-state index in [1.165, 1.54) is 6.07 Å². The Labute approximate surface area is 160 Å². The quantitative estimate of drug-likeness (QED) is 0.551. The number of hydrogen-bond donors (Lipinski definition) is 0. The predicted octanol–water partition coefficient (Wildman–Crippen LogP) is 3.65. The van der Waals surface area contributed by atoms with Crippen LogP contribution < -0.4 is 14.2 Å². The van der Waals surface area contributed by atoms with Gasteiger partial charge in [-0.05, 0) is 30.7 Å². The van der Waals surface area contributed by atoms with Crippen LogP contribution in [0.3, 0.4) is 0 Å². The van der Waals surface area contributed by atoms with Crippen LogP contribution in [0, 0.1) is 0 Å². The van der Waals surface area contributed by atoms with Gasteiger partial charge in [-0.2, -0.15) is 13.8 Å². The Bertz CT molecular complexity index is 918. The molecule has 148 valence electrons. The molecular weight excluding hydrogens is 372 g/mol. The molecule has 0 saturated carbocycles.